The SMILES string of the molecule is COc1cc(O)ccc1/C=N/NC(=O)Cc1cccc(N)c1. The maximum Gasteiger partial charge on any atom is 0.244 e. The standard InChI is InChI=1S/C16H17N3O3/c1-22-15-9-14(20)6-5-12(15)10-18-19-16(21)8-11-3-2-4-13(17)7-11/h2-7,9-10,20H,8,17H2,1H3,(H,19,21)/b18-10+. The highest BCUT2D eigenvalue weighted by atomic mass is 16.5. The molecule has 6 nitrogen and oxygen atoms in total. The number of hydrogen-bond donors (Lipinski definition) is 3. The summed E-state index contributed by atoms with van der Waals surface area (Å²) in [5, 5.41) is 13.2. The first-order valence-corrected chi connectivity index (χ1v) is 6.62. The summed E-state index contributed by atoms with van der Waals surface area (Å²) in [4.78, 5) is 11.8. The van der Waals surface area contributed by atoms with Crippen LogP contribution in [0.4, 0.5) is 5.69 Å². The summed E-state index contributed by atoms with van der Waals surface area (Å²) >= 11 is 0. The molecule has 22 heavy (non-hydrogen) atoms. The summed E-state index contributed by atoms with van der Waals surface area (Å²) in [5.41, 5.74) is 10.2. The van der Waals surface area contributed by atoms with Gasteiger partial charge in [-0.1, -0.05) is 12.1 Å². The van der Waals surface area contributed by atoms with Crippen LogP contribution >= 0.6 is 0 Å². The van der Waals surface area contributed by atoms with E-state index in [4.69, 9.17) is 10.5 Å². The fourth-order valence-corrected chi connectivity index (χ4v) is 1.91. The first kappa shape index (κ1) is 15.4. The molecule has 0 aliphatic heterocycles. The molecule has 4 N–H and O–H groups in total. The third-order valence-corrected chi connectivity index (χ3v) is 2.93. The fraction of sp³-hybridized carbons (Fsp3) is 0.125. The summed E-state index contributed by atoms with van der Waals surface area (Å²) < 4.78 is 5.11. The highest BCUT2D eigenvalue weighted by molar-refractivity contribution is 5.86. The number of phenols is 1. The van der Waals surface area contributed by atoms with E-state index >= 15 is 0 Å². The van der Waals surface area contributed by atoms with E-state index in [2.05, 4.69) is 10.5 Å². The van der Waals surface area contributed by atoms with Gasteiger partial charge in [-0.3, -0.25) is 4.79 Å². The van der Waals surface area contributed by atoms with Gasteiger partial charge in [0.05, 0.1) is 19.7 Å². The molecule has 0 saturated heterocycles. The Labute approximate surface area is 128 Å². The Balaban J connectivity index is 1.96. The average molecular weight is 299 g/mol. The van der Waals surface area contributed by atoms with Gasteiger partial charge >= 0.3 is 0 Å². The van der Waals surface area contributed by atoms with Crippen molar-refractivity contribution in [3.8, 4) is 11.5 Å². The van der Waals surface area contributed by atoms with Gasteiger partial charge in [-0.2, -0.15) is 5.10 Å². The Morgan fingerprint density at radius 1 is 1.36 bits per heavy atom. The monoisotopic (exact) mass is 299 g/mol. The number of anilines is 1. The molecule has 0 fully saturated rings. The maximum atomic E-state index is 11.8. The van der Waals surface area contributed by atoms with E-state index in [9.17, 15) is 9.90 Å². The molecular formula is C16H17N3O3. The van der Waals surface area contributed by atoms with Crippen LogP contribution in [0, 0.1) is 0 Å². The molecule has 114 valence electrons. The van der Waals surface area contributed by atoms with Gasteiger partial charge in [0.1, 0.15) is 11.5 Å². The number of carbonyl (C=O) groups excluding carboxylic acids is 1. The molecule has 0 atom stereocenters. The molecular weight excluding hydrogens is 282 g/mol. The van der Waals surface area contributed by atoms with Crippen molar-refractivity contribution < 1.29 is 14.6 Å². The van der Waals surface area contributed by atoms with Crippen LogP contribution in [0.3, 0.4) is 0 Å². The summed E-state index contributed by atoms with van der Waals surface area (Å²) in [6.07, 6.45) is 1.64. The fourth-order valence-electron chi connectivity index (χ4n) is 1.91. The average Bonchev–Trinajstić information content (AvgIpc) is 2.48. The number of nitrogens with two attached hydrogens (primary N) is 1. The van der Waals surface area contributed by atoms with Crippen molar-refractivity contribution in [1.29, 1.82) is 0 Å². The molecule has 0 aromatic heterocycles. The Morgan fingerprint density at radius 3 is 2.91 bits per heavy atom. The maximum absolute atomic E-state index is 11.8. The quantitative estimate of drug-likeness (QED) is 0.444. The molecule has 0 aliphatic carbocycles. The van der Waals surface area contributed by atoms with E-state index in [0.29, 0.717) is 17.0 Å². The van der Waals surface area contributed by atoms with Gasteiger partial charge in [-0.05, 0) is 29.8 Å². The number of hydrazone groups is 1. The Morgan fingerprint density at radius 2 is 2.18 bits per heavy atom. The lowest BCUT2D eigenvalue weighted by atomic mass is 10.1. The molecule has 6 heteroatoms. The molecule has 0 spiro atoms. The second-order valence-electron chi connectivity index (χ2n) is 4.64. The van der Waals surface area contributed by atoms with Crippen LogP contribution in [0.25, 0.3) is 0 Å². The first-order valence-electron chi connectivity index (χ1n) is 6.62. The van der Waals surface area contributed by atoms with Gasteiger partial charge in [-0.25, -0.2) is 5.43 Å². The summed E-state index contributed by atoms with van der Waals surface area (Å²) in [6.45, 7) is 0. The number of nitrogens with zero attached hydrogens (tertiary/aromatic N) is 1. The van der Waals surface area contributed by atoms with E-state index in [1.807, 2.05) is 6.07 Å². The molecule has 0 saturated carbocycles. The van der Waals surface area contributed by atoms with Crippen LogP contribution in [0.2, 0.25) is 0 Å². The summed E-state index contributed by atoms with van der Waals surface area (Å²) in [6, 6.07) is 11.7. The minimum Gasteiger partial charge on any atom is -0.508 e. The smallest absolute Gasteiger partial charge is 0.244 e. The normalized spacial score (nSPS) is 10.6. The number of aromatic hydroxyl groups is 1. The van der Waals surface area contributed by atoms with Crippen molar-refractivity contribution in [2.45, 2.75) is 6.42 Å². The van der Waals surface area contributed by atoms with Crippen LogP contribution in [0.1, 0.15) is 11.1 Å². The molecule has 2 aromatic carbocycles. The number of nitrogens with one attached hydrogen (secondary N) is 1. The Hall–Kier alpha value is -3.02. The molecule has 0 radical (unpaired) electrons. The van der Waals surface area contributed by atoms with Crippen molar-refractivity contribution in [1.82, 2.24) is 5.43 Å². The molecule has 0 bridgehead atoms. The highest BCUT2D eigenvalue weighted by Crippen LogP contribution is 2.22. The van der Waals surface area contributed by atoms with Gasteiger partial charge < -0.3 is 15.6 Å². The van der Waals surface area contributed by atoms with Gasteiger partial charge in [0, 0.05) is 17.3 Å². The second kappa shape index (κ2) is 7.12. The third-order valence-electron chi connectivity index (χ3n) is 2.93. The van der Waals surface area contributed by atoms with E-state index < -0.39 is 0 Å². The number of amides is 1. The zero-order chi connectivity index (χ0) is 15.9. The van der Waals surface area contributed by atoms with Crippen molar-refractivity contribution in [3.63, 3.8) is 0 Å². The summed E-state index contributed by atoms with van der Waals surface area (Å²) in [7, 11) is 1.49. The van der Waals surface area contributed by atoms with Gasteiger partial charge in [0.25, 0.3) is 0 Å². The molecule has 0 unspecified atom stereocenters. The largest absolute Gasteiger partial charge is 0.508 e. The zero-order valence-corrected chi connectivity index (χ0v) is 12.1. The van der Waals surface area contributed by atoms with Crippen molar-refractivity contribution >= 4 is 17.8 Å². The van der Waals surface area contributed by atoms with Crippen molar-refractivity contribution in [3.05, 3.63) is 53.6 Å². The summed E-state index contributed by atoms with van der Waals surface area (Å²) in [5.74, 6) is 0.313. The number of hydrogen-bond acceptors (Lipinski definition) is 5. The van der Waals surface area contributed by atoms with Crippen LogP contribution < -0.4 is 15.9 Å². The number of ether oxygens (including phenoxy) is 1. The van der Waals surface area contributed by atoms with E-state index in [0.717, 1.165) is 5.56 Å². The lowest BCUT2D eigenvalue weighted by molar-refractivity contribution is -0.120. The second-order valence-corrected chi connectivity index (χ2v) is 4.64. The zero-order valence-electron chi connectivity index (χ0n) is 12.1. The molecule has 0 heterocycles. The number of phenolic OH excluding ortho intramolecular Hbond substituents is 1. The van der Waals surface area contributed by atoms with E-state index in [1.54, 1.807) is 24.3 Å². The van der Waals surface area contributed by atoms with E-state index in [-0.39, 0.29) is 18.1 Å². The van der Waals surface area contributed by atoms with Gasteiger partial charge in [0.15, 0.2) is 0 Å². The Kier molecular flexibility index (Phi) is 4.98. The number of rotatable bonds is 5. The minimum absolute atomic E-state index is 0.0969. The topological polar surface area (TPSA) is 96.9 Å². The Bertz CT molecular complexity index is 699. The molecule has 2 aromatic rings. The van der Waals surface area contributed by atoms with Crippen LogP contribution in [-0.4, -0.2) is 24.3 Å². The predicted molar refractivity (Wildman–Crippen MR) is 85.0 cm³/mol. The number of benzene rings is 2. The number of carbonyl (C=O) groups is 1. The highest BCUT2D eigenvalue weighted by Gasteiger charge is 2.04. The lowest BCUT2D eigenvalue weighted by Gasteiger charge is -2.05. The van der Waals surface area contributed by atoms with E-state index in [1.165, 1.54) is 25.5 Å². The first-order chi connectivity index (χ1) is 10.6. The van der Waals surface area contributed by atoms with Crippen LogP contribution in [0.15, 0.2) is 47.6 Å². The number of methoxy groups -OCH3 is 1. The minimum atomic E-state index is -0.250. The molecule has 2 rings (SSSR count). The van der Waals surface area contributed by atoms with Crippen molar-refractivity contribution in [2.75, 3.05) is 12.8 Å². The predicted octanol–water partition coefficient (Wildman–Crippen LogP) is 1.68. The van der Waals surface area contributed by atoms with Crippen LogP contribution in [0.5, 0.6) is 11.5 Å². The third kappa shape index (κ3) is 4.24. The molecule has 0 aliphatic rings. The van der Waals surface area contributed by atoms with Gasteiger partial charge in [0.2, 0.25) is 5.91 Å². The van der Waals surface area contributed by atoms with Crippen LogP contribution in [-0.2, 0) is 11.2 Å². The van der Waals surface area contributed by atoms with Crippen molar-refractivity contribution in [2.24, 2.45) is 5.10 Å². The lowest BCUT2D eigenvalue weighted by Crippen LogP contribution is -2.19. The molecule has 1 amide bonds. The number of nitrogen functional groups attached to an aromatic ring is 1. The van der Waals surface area contributed by atoms with Gasteiger partial charge in [-0.15, -0.1) is 0 Å².